The Morgan fingerprint density at radius 3 is 2.68 bits per heavy atom. The average Bonchev–Trinajstić information content (AvgIpc) is 2.46. The second-order valence-corrected chi connectivity index (χ2v) is 4.92. The summed E-state index contributed by atoms with van der Waals surface area (Å²) in [6.45, 7) is 2.08. The van der Waals surface area contributed by atoms with E-state index in [2.05, 4.69) is 19.1 Å². The molecule has 0 spiro atoms. The van der Waals surface area contributed by atoms with Crippen LogP contribution in [-0.2, 0) is 0 Å². The molecule has 2 aromatic carbocycles. The van der Waals surface area contributed by atoms with Gasteiger partial charge in [0.2, 0.25) is 0 Å². The number of rotatable bonds is 4. The lowest BCUT2D eigenvalue weighted by Gasteiger charge is -2.13. The quantitative estimate of drug-likeness (QED) is 0.896. The molecular weight excluding hydrogens is 258 g/mol. The van der Waals surface area contributed by atoms with Gasteiger partial charge in [-0.05, 0) is 41.8 Å². The molecule has 0 bridgehead atoms. The fraction of sp³-hybridized carbons (Fsp3) is 0.250. The van der Waals surface area contributed by atoms with Gasteiger partial charge in [0.05, 0.1) is 7.11 Å². The molecule has 2 nitrogen and oxygen atoms in total. The largest absolute Gasteiger partial charge is 0.496 e. The number of hydrogen-bond donors (Lipinski definition) is 1. The monoisotopic (exact) mass is 275 g/mol. The average molecular weight is 276 g/mol. The van der Waals surface area contributed by atoms with Gasteiger partial charge in [0.25, 0.3) is 0 Å². The summed E-state index contributed by atoms with van der Waals surface area (Å²) in [7, 11) is 1.66. The first-order valence-corrected chi connectivity index (χ1v) is 6.73. The number of hydrogen-bond acceptors (Lipinski definition) is 2. The van der Waals surface area contributed by atoms with Crippen LogP contribution in [0.2, 0.25) is 5.02 Å². The molecule has 0 radical (unpaired) electrons. The summed E-state index contributed by atoms with van der Waals surface area (Å²) in [5.74, 6) is 0.812. The summed E-state index contributed by atoms with van der Waals surface area (Å²) in [5, 5.41) is 0.695. The molecule has 2 aromatic rings. The van der Waals surface area contributed by atoms with Crippen LogP contribution in [0, 0.1) is 0 Å². The summed E-state index contributed by atoms with van der Waals surface area (Å²) in [6.07, 6.45) is 0.913. The van der Waals surface area contributed by atoms with Gasteiger partial charge >= 0.3 is 0 Å². The third-order valence-corrected chi connectivity index (χ3v) is 3.46. The van der Waals surface area contributed by atoms with Gasteiger partial charge < -0.3 is 10.5 Å². The maximum Gasteiger partial charge on any atom is 0.126 e. The number of nitrogens with two attached hydrogens (primary N) is 1. The smallest absolute Gasteiger partial charge is 0.126 e. The fourth-order valence-corrected chi connectivity index (χ4v) is 2.25. The zero-order valence-corrected chi connectivity index (χ0v) is 11.9. The van der Waals surface area contributed by atoms with E-state index >= 15 is 0 Å². The third kappa shape index (κ3) is 3.09. The lowest BCUT2D eigenvalue weighted by molar-refractivity contribution is 0.416. The first kappa shape index (κ1) is 13.9. The SMILES string of the molecule is CCC(N)c1cccc(-c2cc(Cl)ccc2OC)c1. The van der Waals surface area contributed by atoms with Gasteiger partial charge in [-0.3, -0.25) is 0 Å². The molecule has 0 aliphatic carbocycles. The topological polar surface area (TPSA) is 35.2 Å². The van der Waals surface area contributed by atoms with Gasteiger partial charge in [-0.1, -0.05) is 36.7 Å². The van der Waals surface area contributed by atoms with E-state index in [9.17, 15) is 0 Å². The minimum absolute atomic E-state index is 0.0603. The molecule has 0 heterocycles. The third-order valence-electron chi connectivity index (χ3n) is 3.23. The minimum Gasteiger partial charge on any atom is -0.496 e. The first-order valence-electron chi connectivity index (χ1n) is 6.35. The molecule has 0 saturated carbocycles. The normalized spacial score (nSPS) is 12.2. The highest BCUT2D eigenvalue weighted by Crippen LogP contribution is 2.33. The lowest BCUT2D eigenvalue weighted by atomic mass is 9.98. The number of halogens is 1. The lowest BCUT2D eigenvalue weighted by Crippen LogP contribution is -2.08. The van der Waals surface area contributed by atoms with E-state index in [1.165, 1.54) is 0 Å². The Hall–Kier alpha value is -1.51. The molecule has 1 atom stereocenters. The van der Waals surface area contributed by atoms with Crippen LogP contribution in [0.25, 0.3) is 11.1 Å². The number of benzene rings is 2. The van der Waals surface area contributed by atoms with Gasteiger partial charge in [0.15, 0.2) is 0 Å². The van der Waals surface area contributed by atoms with Gasteiger partial charge in [0.1, 0.15) is 5.75 Å². The van der Waals surface area contributed by atoms with E-state index in [1.807, 2.05) is 30.3 Å². The first-order chi connectivity index (χ1) is 9.15. The molecule has 0 aliphatic rings. The Bertz CT molecular complexity index is 568. The van der Waals surface area contributed by atoms with Crippen molar-refractivity contribution >= 4 is 11.6 Å². The Morgan fingerprint density at radius 2 is 2.00 bits per heavy atom. The minimum atomic E-state index is 0.0603. The van der Waals surface area contributed by atoms with Gasteiger partial charge in [-0.2, -0.15) is 0 Å². The van der Waals surface area contributed by atoms with Crippen LogP contribution in [0.3, 0.4) is 0 Å². The Morgan fingerprint density at radius 1 is 1.21 bits per heavy atom. The molecule has 100 valence electrons. The summed E-state index contributed by atoms with van der Waals surface area (Å²) in [6, 6.07) is 13.9. The second kappa shape index (κ2) is 6.09. The molecular formula is C16H18ClNO. The highest BCUT2D eigenvalue weighted by molar-refractivity contribution is 6.31. The second-order valence-electron chi connectivity index (χ2n) is 4.48. The molecule has 0 aliphatic heterocycles. The predicted octanol–water partition coefficient (Wildman–Crippen LogP) is 4.43. The van der Waals surface area contributed by atoms with Crippen LogP contribution in [0.5, 0.6) is 5.75 Å². The van der Waals surface area contributed by atoms with E-state index in [4.69, 9.17) is 22.1 Å². The van der Waals surface area contributed by atoms with Crippen LogP contribution in [0.1, 0.15) is 24.9 Å². The van der Waals surface area contributed by atoms with Crippen LogP contribution in [-0.4, -0.2) is 7.11 Å². The molecule has 1 unspecified atom stereocenters. The van der Waals surface area contributed by atoms with Crippen molar-refractivity contribution in [1.82, 2.24) is 0 Å². The van der Waals surface area contributed by atoms with E-state index in [0.717, 1.165) is 28.9 Å². The van der Waals surface area contributed by atoms with Gasteiger partial charge in [-0.15, -0.1) is 0 Å². The Balaban J connectivity index is 2.49. The maximum absolute atomic E-state index is 6.08. The van der Waals surface area contributed by atoms with Gasteiger partial charge in [-0.25, -0.2) is 0 Å². The fourth-order valence-electron chi connectivity index (χ4n) is 2.08. The molecule has 19 heavy (non-hydrogen) atoms. The van der Waals surface area contributed by atoms with Crippen molar-refractivity contribution in [3.8, 4) is 16.9 Å². The van der Waals surface area contributed by atoms with Crippen molar-refractivity contribution in [1.29, 1.82) is 0 Å². The molecule has 0 aromatic heterocycles. The summed E-state index contributed by atoms with van der Waals surface area (Å²) >= 11 is 6.07. The van der Waals surface area contributed by atoms with E-state index in [0.29, 0.717) is 5.02 Å². The predicted molar refractivity (Wildman–Crippen MR) is 80.7 cm³/mol. The Labute approximate surface area is 119 Å². The van der Waals surface area contributed by atoms with Crippen molar-refractivity contribution in [3.63, 3.8) is 0 Å². The van der Waals surface area contributed by atoms with Crippen molar-refractivity contribution in [2.75, 3.05) is 7.11 Å². The van der Waals surface area contributed by atoms with Crippen LogP contribution in [0.15, 0.2) is 42.5 Å². The highest BCUT2D eigenvalue weighted by atomic mass is 35.5. The summed E-state index contributed by atoms with van der Waals surface area (Å²) in [4.78, 5) is 0. The van der Waals surface area contributed by atoms with Crippen LogP contribution < -0.4 is 10.5 Å². The zero-order chi connectivity index (χ0) is 13.8. The standard InChI is InChI=1S/C16H18ClNO/c1-3-15(18)12-6-4-5-11(9-12)14-10-13(17)7-8-16(14)19-2/h4-10,15H,3,18H2,1-2H3. The number of methoxy groups -OCH3 is 1. The Kier molecular flexibility index (Phi) is 4.46. The van der Waals surface area contributed by atoms with E-state index in [1.54, 1.807) is 7.11 Å². The molecule has 0 amide bonds. The molecule has 0 saturated heterocycles. The molecule has 2 rings (SSSR count). The van der Waals surface area contributed by atoms with Crippen LogP contribution >= 0.6 is 11.6 Å². The van der Waals surface area contributed by atoms with Crippen molar-refractivity contribution < 1.29 is 4.74 Å². The van der Waals surface area contributed by atoms with Gasteiger partial charge in [0, 0.05) is 16.6 Å². The van der Waals surface area contributed by atoms with Crippen LogP contribution in [0.4, 0.5) is 0 Å². The van der Waals surface area contributed by atoms with Crippen molar-refractivity contribution in [3.05, 3.63) is 53.1 Å². The van der Waals surface area contributed by atoms with Crippen molar-refractivity contribution in [2.24, 2.45) is 5.73 Å². The summed E-state index contributed by atoms with van der Waals surface area (Å²) in [5.41, 5.74) is 9.27. The molecule has 3 heteroatoms. The van der Waals surface area contributed by atoms with E-state index < -0.39 is 0 Å². The molecule has 2 N–H and O–H groups in total. The summed E-state index contributed by atoms with van der Waals surface area (Å²) < 4.78 is 5.39. The zero-order valence-electron chi connectivity index (χ0n) is 11.2. The number of ether oxygens (including phenoxy) is 1. The highest BCUT2D eigenvalue weighted by Gasteiger charge is 2.09. The maximum atomic E-state index is 6.08. The van der Waals surface area contributed by atoms with Crippen molar-refractivity contribution in [2.45, 2.75) is 19.4 Å². The molecule has 0 fully saturated rings. The van der Waals surface area contributed by atoms with E-state index in [-0.39, 0.29) is 6.04 Å².